The van der Waals surface area contributed by atoms with Gasteiger partial charge in [-0.3, -0.25) is 14.4 Å². The van der Waals surface area contributed by atoms with Gasteiger partial charge in [-0.15, -0.1) is 0 Å². The van der Waals surface area contributed by atoms with Crippen molar-refractivity contribution in [2.75, 3.05) is 5.32 Å². The fourth-order valence-corrected chi connectivity index (χ4v) is 1.54. The van der Waals surface area contributed by atoms with Gasteiger partial charge in [0.15, 0.2) is 0 Å². The number of hydrogen-bond donors (Lipinski definition) is 3. The van der Waals surface area contributed by atoms with E-state index in [1.807, 2.05) is 0 Å². The lowest BCUT2D eigenvalue weighted by Gasteiger charge is -2.05. The molecule has 2 amide bonds. The Balaban J connectivity index is 2.42. The summed E-state index contributed by atoms with van der Waals surface area (Å²) < 4.78 is 0. The third-order valence-electron chi connectivity index (χ3n) is 2.48. The number of primary amides is 1. The van der Waals surface area contributed by atoms with Gasteiger partial charge in [-0.2, -0.15) is 0 Å². The molecule has 1 rings (SSSR count). The van der Waals surface area contributed by atoms with Crippen molar-refractivity contribution in [1.29, 1.82) is 0 Å². The Kier molecular flexibility index (Phi) is 5.53. The van der Waals surface area contributed by atoms with E-state index in [1.165, 1.54) is 6.07 Å². The zero-order valence-electron chi connectivity index (χ0n) is 10.4. The molecule has 0 saturated carbocycles. The zero-order valence-corrected chi connectivity index (χ0v) is 10.4. The second-order valence-corrected chi connectivity index (χ2v) is 4.09. The van der Waals surface area contributed by atoms with Gasteiger partial charge in [0, 0.05) is 24.1 Å². The molecule has 0 aliphatic heterocycles. The van der Waals surface area contributed by atoms with E-state index in [-0.39, 0.29) is 18.7 Å². The Bertz CT molecular complexity index is 485. The van der Waals surface area contributed by atoms with Crippen molar-refractivity contribution < 1.29 is 19.5 Å². The third kappa shape index (κ3) is 5.67. The van der Waals surface area contributed by atoms with E-state index in [0.717, 1.165) is 0 Å². The predicted octanol–water partition coefficient (Wildman–Crippen LogP) is 1.37. The molecule has 0 radical (unpaired) electrons. The summed E-state index contributed by atoms with van der Waals surface area (Å²) in [5, 5.41) is 11.1. The minimum absolute atomic E-state index is 0.0600. The van der Waals surface area contributed by atoms with Crippen LogP contribution in [0.5, 0.6) is 0 Å². The summed E-state index contributed by atoms with van der Waals surface area (Å²) in [6.07, 6.45) is 1.27. The number of hydrogen-bond acceptors (Lipinski definition) is 3. The van der Waals surface area contributed by atoms with Gasteiger partial charge in [0.1, 0.15) is 0 Å². The first-order valence-electron chi connectivity index (χ1n) is 5.90. The molecular formula is C13H16N2O4. The van der Waals surface area contributed by atoms with E-state index in [1.54, 1.807) is 18.2 Å². The van der Waals surface area contributed by atoms with Crippen LogP contribution in [0.2, 0.25) is 0 Å². The number of carboxylic acids is 1. The minimum atomic E-state index is -0.866. The molecule has 0 bridgehead atoms. The zero-order chi connectivity index (χ0) is 14.3. The Morgan fingerprint density at radius 3 is 2.47 bits per heavy atom. The number of carbonyl (C=O) groups is 3. The van der Waals surface area contributed by atoms with E-state index in [0.29, 0.717) is 24.1 Å². The van der Waals surface area contributed by atoms with E-state index in [9.17, 15) is 14.4 Å². The predicted molar refractivity (Wildman–Crippen MR) is 69.7 cm³/mol. The van der Waals surface area contributed by atoms with Crippen LogP contribution in [0.1, 0.15) is 36.0 Å². The SMILES string of the molecule is NC(=O)c1cccc(NC(=O)CCCCC(=O)O)c1. The lowest BCUT2D eigenvalue weighted by molar-refractivity contribution is -0.137. The Labute approximate surface area is 110 Å². The Morgan fingerprint density at radius 2 is 1.84 bits per heavy atom. The number of rotatable bonds is 7. The molecule has 0 aliphatic carbocycles. The molecule has 0 saturated heterocycles. The van der Waals surface area contributed by atoms with Crippen molar-refractivity contribution in [3.63, 3.8) is 0 Å². The molecule has 4 N–H and O–H groups in total. The van der Waals surface area contributed by atoms with Crippen LogP contribution in [-0.4, -0.2) is 22.9 Å². The number of nitrogens with two attached hydrogens (primary N) is 1. The molecular weight excluding hydrogens is 248 g/mol. The average molecular weight is 264 g/mol. The number of anilines is 1. The van der Waals surface area contributed by atoms with Gasteiger partial charge in [-0.05, 0) is 31.0 Å². The summed E-state index contributed by atoms with van der Waals surface area (Å²) in [7, 11) is 0. The van der Waals surface area contributed by atoms with Gasteiger partial charge in [-0.25, -0.2) is 0 Å². The molecule has 0 aliphatic rings. The second kappa shape index (κ2) is 7.15. The van der Waals surface area contributed by atoms with Crippen molar-refractivity contribution in [2.24, 2.45) is 5.73 Å². The summed E-state index contributed by atoms with van der Waals surface area (Å²) in [5.41, 5.74) is 5.96. The molecule has 102 valence electrons. The number of unbranched alkanes of at least 4 members (excludes halogenated alkanes) is 1. The average Bonchev–Trinajstić information content (AvgIpc) is 2.34. The molecule has 0 atom stereocenters. The minimum Gasteiger partial charge on any atom is -0.481 e. The lowest BCUT2D eigenvalue weighted by atomic mass is 10.1. The molecule has 0 unspecified atom stereocenters. The largest absolute Gasteiger partial charge is 0.481 e. The first kappa shape index (κ1) is 14.7. The van der Waals surface area contributed by atoms with Crippen LogP contribution >= 0.6 is 0 Å². The van der Waals surface area contributed by atoms with Crippen LogP contribution in [-0.2, 0) is 9.59 Å². The van der Waals surface area contributed by atoms with E-state index < -0.39 is 11.9 Å². The van der Waals surface area contributed by atoms with E-state index in [4.69, 9.17) is 10.8 Å². The van der Waals surface area contributed by atoms with E-state index in [2.05, 4.69) is 5.32 Å². The molecule has 1 aromatic carbocycles. The first-order valence-corrected chi connectivity index (χ1v) is 5.90. The smallest absolute Gasteiger partial charge is 0.303 e. The molecule has 0 aromatic heterocycles. The van der Waals surface area contributed by atoms with Crippen molar-refractivity contribution in [1.82, 2.24) is 0 Å². The van der Waals surface area contributed by atoms with Crippen LogP contribution < -0.4 is 11.1 Å². The fraction of sp³-hybridized carbons (Fsp3) is 0.308. The van der Waals surface area contributed by atoms with Crippen LogP contribution in [0, 0.1) is 0 Å². The van der Waals surface area contributed by atoms with E-state index >= 15 is 0 Å². The van der Waals surface area contributed by atoms with Gasteiger partial charge in [0.2, 0.25) is 11.8 Å². The van der Waals surface area contributed by atoms with Gasteiger partial charge in [0.25, 0.3) is 0 Å². The monoisotopic (exact) mass is 264 g/mol. The quantitative estimate of drug-likeness (QED) is 0.646. The van der Waals surface area contributed by atoms with Crippen LogP contribution in [0.4, 0.5) is 5.69 Å². The molecule has 1 aromatic rings. The van der Waals surface area contributed by atoms with Crippen LogP contribution in [0.15, 0.2) is 24.3 Å². The molecule has 0 heterocycles. The van der Waals surface area contributed by atoms with Crippen molar-refractivity contribution >= 4 is 23.5 Å². The Morgan fingerprint density at radius 1 is 1.16 bits per heavy atom. The Hall–Kier alpha value is -2.37. The van der Waals surface area contributed by atoms with Crippen molar-refractivity contribution in [3.8, 4) is 0 Å². The summed E-state index contributed by atoms with van der Waals surface area (Å²) in [5.74, 6) is -1.64. The number of aliphatic carboxylic acids is 1. The lowest BCUT2D eigenvalue weighted by Crippen LogP contribution is -2.14. The third-order valence-corrected chi connectivity index (χ3v) is 2.48. The highest BCUT2D eigenvalue weighted by Crippen LogP contribution is 2.11. The summed E-state index contributed by atoms with van der Waals surface area (Å²) in [6, 6.07) is 6.34. The molecule has 0 spiro atoms. The van der Waals surface area contributed by atoms with Gasteiger partial charge >= 0.3 is 5.97 Å². The van der Waals surface area contributed by atoms with Gasteiger partial charge < -0.3 is 16.2 Å². The van der Waals surface area contributed by atoms with Gasteiger partial charge in [-0.1, -0.05) is 6.07 Å². The molecule has 6 heteroatoms. The summed E-state index contributed by atoms with van der Waals surface area (Å²) in [6.45, 7) is 0. The maximum absolute atomic E-state index is 11.6. The number of carbonyl (C=O) groups excluding carboxylic acids is 2. The second-order valence-electron chi connectivity index (χ2n) is 4.09. The van der Waals surface area contributed by atoms with Gasteiger partial charge in [0.05, 0.1) is 0 Å². The summed E-state index contributed by atoms with van der Waals surface area (Å²) >= 11 is 0. The molecule has 19 heavy (non-hydrogen) atoms. The highest BCUT2D eigenvalue weighted by molar-refractivity contribution is 5.96. The van der Waals surface area contributed by atoms with Crippen molar-refractivity contribution in [2.45, 2.75) is 25.7 Å². The molecule has 0 fully saturated rings. The fourth-order valence-electron chi connectivity index (χ4n) is 1.54. The maximum Gasteiger partial charge on any atom is 0.303 e. The summed E-state index contributed by atoms with van der Waals surface area (Å²) in [4.78, 5) is 32.8. The number of nitrogens with one attached hydrogen (secondary N) is 1. The normalized spacial score (nSPS) is 9.89. The highest BCUT2D eigenvalue weighted by Gasteiger charge is 2.05. The standard InChI is InChI=1S/C13H16N2O4/c14-13(19)9-4-3-5-10(8-9)15-11(16)6-1-2-7-12(17)18/h3-5,8H,1-2,6-7H2,(H2,14,19)(H,15,16)(H,17,18). The number of amides is 2. The molecule has 6 nitrogen and oxygen atoms in total. The topological polar surface area (TPSA) is 109 Å². The number of carboxylic acid groups (broad SMARTS) is 1. The van der Waals surface area contributed by atoms with Crippen molar-refractivity contribution in [3.05, 3.63) is 29.8 Å². The van der Waals surface area contributed by atoms with Crippen LogP contribution in [0.25, 0.3) is 0 Å². The first-order chi connectivity index (χ1) is 8.99. The number of benzene rings is 1. The maximum atomic E-state index is 11.6. The van der Waals surface area contributed by atoms with Crippen LogP contribution in [0.3, 0.4) is 0 Å². The highest BCUT2D eigenvalue weighted by atomic mass is 16.4.